The number of hydrogen-bond donors (Lipinski definition) is 1. The van der Waals surface area contributed by atoms with E-state index in [4.69, 9.17) is 0 Å². The number of amides is 2. The van der Waals surface area contributed by atoms with Crippen molar-refractivity contribution >= 4 is 28.7 Å². The summed E-state index contributed by atoms with van der Waals surface area (Å²) >= 11 is 1.54. The zero-order valence-corrected chi connectivity index (χ0v) is 14.3. The molecule has 0 radical (unpaired) electrons. The number of hydrogen-bond acceptors (Lipinski definition) is 4. The van der Waals surface area contributed by atoms with Gasteiger partial charge in [0.15, 0.2) is 5.17 Å². The van der Waals surface area contributed by atoms with Crippen LogP contribution in [0, 0.1) is 0 Å². The third-order valence-corrected chi connectivity index (χ3v) is 5.68. The van der Waals surface area contributed by atoms with Gasteiger partial charge in [0.1, 0.15) is 6.04 Å². The number of carbonyl (C=O) groups excluding carboxylic acids is 2. The lowest BCUT2D eigenvalue weighted by Crippen LogP contribution is -2.55. The molecule has 1 saturated heterocycles. The van der Waals surface area contributed by atoms with E-state index < -0.39 is 6.04 Å². The Hall–Kier alpha value is -2.60. The summed E-state index contributed by atoms with van der Waals surface area (Å²) in [4.78, 5) is 31.7. The average Bonchev–Trinajstić information content (AvgIpc) is 3.14. The van der Waals surface area contributed by atoms with Gasteiger partial charge in [0.2, 0.25) is 0 Å². The standard InChI is InChI=1S/C19H17N3O2S/c23-17(14-9-5-2-6-10-14)21-15-16(13-7-3-1-4-8-13)25-19-20-11-12-22(19)18(15)24/h1-10,15-16H,11-12H2,(H,21,23). The second-order valence-corrected chi connectivity index (χ2v) is 7.03. The van der Waals surface area contributed by atoms with Crippen molar-refractivity contribution in [1.29, 1.82) is 0 Å². The van der Waals surface area contributed by atoms with Crippen molar-refractivity contribution < 1.29 is 9.59 Å². The molecule has 0 bridgehead atoms. The van der Waals surface area contributed by atoms with Crippen LogP contribution in [0.4, 0.5) is 0 Å². The van der Waals surface area contributed by atoms with Crippen LogP contribution in [0.25, 0.3) is 0 Å². The Balaban J connectivity index is 1.65. The molecular formula is C19H17N3O2S. The monoisotopic (exact) mass is 351 g/mol. The number of rotatable bonds is 3. The molecule has 25 heavy (non-hydrogen) atoms. The van der Waals surface area contributed by atoms with Crippen molar-refractivity contribution in [3.63, 3.8) is 0 Å². The van der Waals surface area contributed by atoms with Crippen molar-refractivity contribution in [1.82, 2.24) is 10.2 Å². The molecule has 2 aromatic carbocycles. The summed E-state index contributed by atoms with van der Waals surface area (Å²) in [6, 6.07) is 18.2. The first kappa shape index (κ1) is 15.9. The van der Waals surface area contributed by atoms with Gasteiger partial charge >= 0.3 is 0 Å². The topological polar surface area (TPSA) is 61.8 Å². The number of benzene rings is 2. The Bertz CT molecular complexity index is 823. The van der Waals surface area contributed by atoms with Crippen molar-refractivity contribution in [2.45, 2.75) is 11.3 Å². The number of thioether (sulfide) groups is 1. The maximum atomic E-state index is 13.0. The van der Waals surface area contributed by atoms with E-state index in [0.717, 1.165) is 10.7 Å². The zero-order chi connectivity index (χ0) is 17.2. The van der Waals surface area contributed by atoms with Crippen LogP contribution >= 0.6 is 11.8 Å². The third-order valence-electron chi connectivity index (χ3n) is 4.32. The van der Waals surface area contributed by atoms with Crippen LogP contribution in [0.1, 0.15) is 21.2 Å². The van der Waals surface area contributed by atoms with Gasteiger partial charge in [0.05, 0.1) is 11.8 Å². The summed E-state index contributed by atoms with van der Waals surface area (Å²) in [5, 5.41) is 3.51. The predicted molar refractivity (Wildman–Crippen MR) is 98.5 cm³/mol. The molecule has 2 unspecified atom stereocenters. The lowest BCUT2D eigenvalue weighted by atomic mass is 10.0. The van der Waals surface area contributed by atoms with Gasteiger partial charge in [-0.1, -0.05) is 60.3 Å². The number of amidine groups is 1. The van der Waals surface area contributed by atoms with Crippen LogP contribution in [0.3, 0.4) is 0 Å². The average molecular weight is 351 g/mol. The van der Waals surface area contributed by atoms with Gasteiger partial charge in [-0.25, -0.2) is 0 Å². The molecular weight excluding hydrogens is 334 g/mol. The van der Waals surface area contributed by atoms with E-state index in [0.29, 0.717) is 18.7 Å². The molecule has 2 aliphatic rings. The Morgan fingerprint density at radius 1 is 1.08 bits per heavy atom. The Morgan fingerprint density at radius 3 is 2.48 bits per heavy atom. The molecule has 6 heteroatoms. The van der Waals surface area contributed by atoms with Gasteiger partial charge in [-0.3, -0.25) is 19.5 Å². The molecule has 2 aliphatic heterocycles. The van der Waals surface area contributed by atoms with E-state index in [-0.39, 0.29) is 17.1 Å². The van der Waals surface area contributed by atoms with Crippen LogP contribution in [0.5, 0.6) is 0 Å². The predicted octanol–water partition coefficient (Wildman–Crippen LogP) is 2.47. The molecule has 4 rings (SSSR count). The minimum absolute atomic E-state index is 0.0897. The van der Waals surface area contributed by atoms with Gasteiger partial charge in [-0.15, -0.1) is 0 Å². The SMILES string of the molecule is O=C(NC1C(=O)N2CCN=C2SC1c1ccccc1)c1ccccc1. The lowest BCUT2D eigenvalue weighted by Gasteiger charge is -2.36. The fourth-order valence-electron chi connectivity index (χ4n) is 3.07. The number of nitrogens with one attached hydrogen (secondary N) is 1. The molecule has 2 heterocycles. The maximum Gasteiger partial charge on any atom is 0.252 e. The van der Waals surface area contributed by atoms with E-state index in [9.17, 15) is 9.59 Å². The van der Waals surface area contributed by atoms with Gasteiger partial charge < -0.3 is 5.32 Å². The fourth-order valence-corrected chi connectivity index (χ4v) is 4.38. The van der Waals surface area contributed by atoms with Crippen LogP contribution in [0.2, 0.25) is 0 Å². The number of aliphatic imine (C=N–C) groups is 1. The van der Waals surface area contributed by atoms with E-state index in [2.05, 4.69) is 10.3 Å². The first-order chi connectivity index (χ1) is 12.2. The van der Waals surface area contributed by atoms with Crippen LogP contribution in [0.15, 0.2) is 65.7 Å². The highest BCUT2D eigenvalue weighted by atomic mass is 32.2. The molecule has 0 spiro atoms. The number of fused-ring (bicyclic) bond motifs is 1. The summed E-state index contributed by atoms with van der Waals surface area (Å²) < 4.78 is 0. The summed E-state index contributed by atoms with van der Waals surface area (Å²) in [6.45, 7) is 1.20. The molecule has 0 aromatic heterocycles. The van der Waals surface area contributed by atoms with Gasteiger partial charge in [0.25, 0.3) is 11.8 Å². The van der Waals surface area contributed by atoms with E-state index in [1.54, 1.807) is 28.8 Å². The molecule has 2 amide bonds. The molecule has 2 aromatic rings. The smallest absolute Gasteiger partial charge is 0.252 e. The van der Waals surface area contributed by atoms with Crippen molar-refractivity contribution in [2.75, 3.05) is 13.1 Å². The maximum absolute atomic E-state index is 13.0. The third kappa shape index (κ3) is 3.05. The fraction of sp³-hybridized carbons (Fsp3) is 0.211. The molecule has 5 nitrogen and oxygen atoms in total. The van der Waals surface area contributed by atoms with Crippen molar-refractivity contribution in [3.05, 3.63) is 71.8 Å². The normalized spacial score (nSPS) is 22.3. The van der Waals surface area contributed by atoms with Gasteiger partial charge in [-0.05, 0) is 17.7 Å². The second-order valence-electron chi connectivity index (χ2n) is 5.92. The molecule has 0 saturated carbocycles. The van der Waals surface area contributed by atoms with Crippen LogP contribution < -0.4 is 5.32 Å². The van der Waals surface area contributed by atoms with E-state index in [1.807, 2.05) is 48.5 Å². The molecule has 0 aliphatic carbocycles. The van der Waals surface area contributed by atoms with Crippen molar-refractivity contribution in [2.24, 2.45) is 4.99 Å². The minimum atomic E-state index is -0.614. The number of carbonyl (C=O) groups is 2. The van der Waals surface area contributed by atoms with Gasteiger partial charge in [-0.2, -0.15) is 0 Å². The molecule has 1 N–H and O–H groups in total. The highest BCUT2D eigenvalue weighted by Crippen LogP contribution is 2.40. The first-order valence-corrected chi connectivity index (χ1v) is 9.05. The Kier molecular flexibility index (Phi) is 4.28. The van der Waals surface area contributed by atoms with Crippen molar-refractivity contribution in [3.8, 4) is 0 Å². The lowest BCUT2D eigenvalue weighted by molar-refractivity contribution is -0.129. The second kappa shape index (κ2) is 6.72. The molecule has 126 valence electrons. The zero-order valence-electron chi connectivity index (χ0n) is 13.5. The first-order valence-electron chi connectivity index (χ1n) is 8.17. The molecule has 2 atom stereocenters. The van der Waals surface area contributed by atoms with Gasteiger partial charge in [0, 0.05) is 12.1 Å². The highest BCUT2D eigenvalue weighted by molar-refractivity contribution is 8.14. The number of nitrogens with zero attached hydrogens (tertiary/aromatic N) is 2. The summed E-state index contributed by atoms with van der Waals surface area (Å²) in [6.07, 6.45) is 0. The molecule has 1 fully saturated rings. The van der Waals surface area contributed by atoms with Crippen LogP contribution in [-0.2, 0) is 4.79 Å². The van der Waals surface area contributed by atoms with Crippen LogP contribution in [-0.4, -0.2) is 41.0 Å². The summed E-state index contributed by atoms with van der Waals surface area (Å²) in [5.74, 6) is -0.326. The Morgan fingerprint density at radius 2 is 1.76 bits per heavy atom. The van der Waals surface area contributed by atoms with E-state index in [1.165, 1.54) is 0 Å². The summed E-state index contributed by atoms with van der Waals surface area (Å²) in [7, 11) is 0. The van der Waals surface area contributed by atoms with E-state index >= 15 is 0 Å². The minimum Gasteiger partial charge on any atom is -0.339 e. The Labute approximate surface area is 150 Å². The highest BCUT2D eigenvalue weighted by Gasteiger charge is 2.43. The quantitative estimate of drug-likeness (QED) is 0.924. The summed E-state index contributed by atoms with van der Waals surface area (Å²) in [5.41, 5.74) is 1.56. The largest absolute Gasteiger partial charge is 0.339 e.